The Morgan fingerprint density at radius 1 is 1.13 bits per heavy atom. The lowest BCUT2D eigenvalue weighted by atomic mass is 9.74. The van der Waals surface area contributed by atoms with Crippen LogP contribution in [-0.2, 0) is 5.41 Å². The van der Waals surface area contributed by atoms with Crippen LogP contribution in [0.25, 0.3) is 16.7 Å². The Kier molecular flexibility index (Phi) is 7.23. The summed E-state index contributed by atoms with van der Waals surface area (Å²) in [6.07, 6.45) is -4.45. The number of nitriles is 1. The maximum atomic E-state index is 14.3. The van der Waals surface area contributed by atoms with E-state index in [2.05, 4.69) is 20.4 Å². The summed E-state index contributed by atoms with van der Waals surface area (Å²) in [6.45, 7) is 3.59. The van der Waals surface area contributed by atoms with Gasteiger partial charge in [-0.1, -0.05) is 19.9 Å². The Labute approximate surface area is 221 Å². The molecule has 2 aromatic heterocycles. The average molecular weight is 543 g/mol. The number of aryl methyl sites for hydroxylation is 1. The molecule has 0 aliphatic heterocycles. The molecule has 0 amide bonds. The molecule has 0 radical (unpaired) electrons. The Balaban J connectivity index is 1.69. The molecule has 2 aromatic carbocycles. The van der Waals surface area contributed by atoms with Gasteiger partial charge in [-0.2, -0.15) is 23.5 Å². The second kappa shape index (κ2) is 10.1. The van der Waals surface area contributed by atoms with Crippen LogP contribution in [0.1, 0.15) is 37.2 Å². The van der Waals surface area contributed by atoms with Crippen LogP contribution in [0.15, 0.2) is 48.7 Å². The van der Waals surface area contributed by atoms with Gasteiger partial charge >= 0.3 is 6.18 Å². The van der Waals surface area contributed by atoms with Gasteiger partial charge < -0.3 is 15.2 Å². The largest absolute Gasteiger partial charge is 0.496 e. The number of nitrogens with zero attached hydrogens (tertiary/aromatic N) is 5. The number of hydrogen-bond donors (Lipinski definition) is 2. The minimum Gasteiger partial charge on any atom is -0.496 e. The molecule has 0 aliphatic carbocycles. The zero-order chi connectivity index (χ0) is 28.6. The number of benzene rings is 2. The molecule has 0 saturated heterocycles. The van der Waals surface area contributed by atoms with Crippen LogP contribution in [0.2, 0.25) is 0 Å². The summed E-state index contributed by atoms with van der Waals surface area (Å²) in [7, 11) is 1.34. The first-order chi connectivity index (χ1) is 18.3. The topological polar surface area (TPSA) is 109 Å². The summed E-state index contributed by atoms with van der Waals surface area (Å²) < 4.78 is 63.7. The molecule has 4 aromatic rings. The first-order valence-electron chi connectivity index (χ1n) is 11.9. The molecule has 12 heteroatoms. The molecule has 2 heterocycles. The van der Waals surface area contributed by atoms with Crippen LogP contribution in [0.5, 0.6) is 5.75 Å². The van der Waals surface area contributed by atoms with E-state index in [9.17, 15) is 27.9 Å². The van der Waals surface area contributed by atoms with Crippen LogP contribution in [0, 0.1) is 24.1 Å². The Bertz CT molecular complexity index is 1560. The van der Waals surface area contributed by atoms with E-state index in [1.165, 1.54) is 37.9 Å². The highest BCUT2D eigenvalue weighted by molar-refractivity contribution is 5.87. The zero-order valence-corrected chi connectivity index (χ0v) is 21.6. The van der Waals surface area contributed by atoms with Crippen LogP contribution in [-0.4, -0.2) is 50.3 Å². The van der Waals surface area contributed by atoms with Gasteiger partial charge in [0.05, 0.1) is 42.6 Å². The van der Waals surface area contributed by atoms with Crippen molar-refractivity contribution in [3.05, 3.63) is 71.4 Å². The third kappa shape index (κ3) is 5.49. The quantitative estimate of drug-likeness (QED) is 0.294. The monoisotopic (exact) mass is 542 g/mol. The molecule has 0 aliphatic rings. The highest BCUT2D eigenvalue weighted by atomic mass is 19.4. The van der Waals surface area contributed by atoms with Crippen molar-refractivity contribution in [2.75, 3.05) is 19.0 Å². The smallest absolute Gasteiger partial charge is 0.418 e. The lowest BCUT2D eigenvalue weighted by Gasteiger charge is -2.38. The van der Waals surface area contributed by atoms with Gasteiger partial charge in [0.15, 0.2) is 11.2 Å². The normalized spacial score (nSPS) is 13.6. The number of nitrogens with one attached hydrogen (secondary N) is 1. The second-order valence-electron chi connectivity index (χ2n) is 9.86. The second-order valence-corrected chi connectivity index (χ2v) is 9.86. The van der Waals surface area contributed by atoms with Gasteiger partial charge in [0, 0.05) is 5.56 Å². The Morgan fingerprint density at radius 2 is 1.87 bits per heavy atom. The predicted octanol–water partition coefficient (Wildman–Crippen LogP) is 5.22. The number of hydrogen-bond acceptors (Lipinski definition) is 7. The summed E-state index contributed by atoms with van der Waals surface area (Å²) >= 11 is 0. The molecule has 0 saturated carbocycles. The molecule has 2 N–H and O–H groups in total. The number of rotatable bonds is 8. The third-order valence-electron chi connectivity index (χ3n) is 6.46. The van der Waals surface area contributed by atoms with Gasteiger partial charge in [-0.05, 0) is 55.2 Å². The third-order valence-corrected chi connectivity index (χ3v) is 6.46. The van der Waals surface area contributed by atoms with Gasteiger partial charge in [-0.25, -0.2) is 19.0 Å². The Morgan fingerprint density at radius 3 is 2.54 bits per heavy atom. The number of halogens is 4. The molecular formula is C27H26F4N6O2. The summed E-state index contributed by atoms with van der Waals surface area (Å²) in [4.78, 5) is 8.62. The number of ether oxygens (including phenoxy) is 1. The van der Waals surface area contributed by atoms with Gasteiger partial charge in [-0.15, -0.1) is 0 Å². The van der Waals surface area contributed by atoms with E-state index in [0.29, 0.717) is 22.3 Å². The van der Waals surface area contributed by atoms with Crippen LogP contribution < -0.4 is 10.1 Å². The van der Waals surface area contributed by atoms with E-state index in [0.717, 1.165) is 12.1 Å². The van der Waals surface area contributed by atoms with Crippen LogP contribution in [0.4, 0.5) is 23.4 Å². The fourth-order valence-electron chi connectivity index (χ4n) is 4.58. The van der Waals surface area contributed by atoms with Crippen molar-refractivity contribution >= 4 is 16.9 Å². The molecule has 39 heavy (non-hydrogen) atoms. The highest BCUT2D eigenvalue weighted by Crippen LogP contribution is 2.44. The SMILES string of the molecule is COc1ccc(F)cc1C(C)(C)CC(O)(CNc1nc(C)nc2c1cnn2-c1cccc(C#N)c1)C(F)(F)F. The average Bonchev–Trinajstić information content (AvgIpc) is 3.30. The Hall–Kier alpha value is -4.24. The number of fused-ring (bicyclic) bond motifs is 1. The fraction of sp³-hybridized carbons (Fsp3) is 0.333. The van der Waals surface area contributed by atoms with E-state index in [1.807, 2.05) is 6.07 Å². The van der Waals surface area contributed by atoms with Crippen molar-refractivity contribution in [3.63, 3.8) is 0 Å². The van der Waals surface area contributed by atoms with E-state index >= 15 is 0 Å². The van der Waals surface area contributed by atoms with E-state index < -0.39 is 36.0 Å². The van der Waals surface area contributed by atoms with Gasteiger partial charge in [-0.3, -0.25) is 0 Å². The number of alkyl halides is 3. The van der Waals surface area contributed by atoms with Gasteiger partial charge in [0.1, 0.15) is 23.2 Å². The molecule has 8 nitrogen and oxygen atoms in total. The molecule has 0 fully saturated rings. The minimum absolute atomic E-state index is 0.0454. The summed E-state index contributed by atoms with van der Waals surface area (Å²) in [5, 5.41) is 27.5. The highest BCUT2D eigenvalue weighted by Gasteiger charge is 2.56. The van der Waals surface area contributed by atoms with Crippen molar-refractivity contribution < 1.29 is 27.4 Å². The predicted molar refractivity (Wildman–Crippen MR) is 136 cm³/mol. The first-order valence-corrected chi connectivity index (χ1v) is 11.9. The maximum absolute atomic E-state index is 14.3. The van der Waals surface area contributed by atoms with Crippen molar-refractivity contribution in [1.29, 1.82) is 5.26 Å². The first kappa shape index (κ1) is 27.8. The molecule has 1 atom stereocenters. The van der Waals surface area contributed by atoms with Crippen molar-refractivity contribution in [3.8, 4) is 17.5 Å². The lowest BCUT2D eigenvalue weighted by Crippen LogP contribution is -2.53. The van der Waals surface area contributed by atoms with E-state index in [-0.39, 0.29) is 23.0 Å². The molecule has 0 bridgehead atoms. The molecular weight excluding hydrogens is 516 g/mol. The maximum Gasteiger partial charge on any atom is 0.418 e. The zero-order valence-electron chi connectivity index (χ0n) is 21.6. The van der Waals surface area contributed by atoms with Crippen LogP contribution >= 0.6 is 0 Å². The van der Waals surface area contributed by atoms with Gasteiger partial charge in [0.2, 0.25) is 0 Å². The number of aromatic nitrogens is 4. The fourth-order valence-corrected chi connectivity index (χ4v) is 4.58. The van der Waals surface area contributed by atoms with Crippen LogP contribution in [0.3, 0.4) is 0 Å². The molecule has 4 rings (SSSR count). The van der Waals surface area contributed by atoms with Gasteiger partial charge in [0.25, 0.3) is 0 Å². The van der Waals surface area contributed by atoms with E-state index in [1.54, 1.807) is 31.2 Å². The molecule has 0 spiro atoms. The standard InChI is InChI=1S/C27H26F4N6O2/c1-16-35-23(20-13-34-37(24(20)36-16)19-7-5-6-17(10-19)12-32)33-15-26(38,27(29,30)31)14-25(2,3)21-11-18(28)8-9-22(21)39-4/h5-11,13,38H,14-15H2,1-4H3,(H,33,35,36). The summed E-state index contributed by atoms with van der Waals surface area (Å²) in [5.41, 5.74) is -3.14. The number of anilines is 1. The lowest BCUT2D eigenvalue weighted by molar-refractivity contribution is -0.260. The minimum atomic E-state index is -5.04. The molecule has 204 valence electrons. The number of methoxy groups -OCH3 is 1. The van der Waals surface area contributed by atoms with Crippen molar-refractivity contribution in [1.82, 2.24) is 19.7 Å². The summed E-state index contributed by atoms with van der Waals surface area (Å²) in [5.74, 6) is -0.129. The summed E-state index contributed by atoms with van der Waals surface area (Å²) in [6, 6.07) is 12.2. The van der Waals surface area contributed by atoms with Crippen molar-refractivity contribution in [2.45, 2.75) is 44.4 Å². The van der Waals surface area contributed by atoms with E-state index in [4.69, 9.17) is 4.74 Å². The molecule has 1 unspecified atom stereocenters. The van der Waals surface area contributed by atoms with Crippen molar-refractivity contribution in [2.24, 2.45) is 0 Å². The number of aliphatic hydroxyl groups is 1.